The molecule has 1 aromatic heterocycles. The first kappa shape index (κ1) is 13.4. The summed E-state index contributed by atoms with van der Waals surface area (Å²) in [5.41, 5.74) is 0.779. The summed E-state index contributed by atoms with van der Waals surface area (Å²) in [6.07, 6.45) is 0.451. The van der Waals surface area contributed by atoms with E-state index in [9.17, 15) is 13.2 Å². The van der Waals surface area contributed by atoms with Gasteiger partial charge in [-0.15, -0.1) is 0 Å². The topological polar surface area (TPSA) is 73.6 Å². The second-order valence-electron chi connectivity index (χ2n) is 3.93. The van der Waals surface area contributed by atoms with Crippen LogP contribution in [0.5, 0.6) is 5.75 Å². The minimum atomic E-state index is -3.84. The highest BCUT2D eigenvalue weighted by Crippen LogP contribution is 2.30. The molecule has 0 bridgehead atoms. The van der Waals surface area contributed by atoms with Gasteiger partial charge >= 0.3 is 0 Å². The molecule has 100 valence electrons. The lowest BCUT2D eigenvalue weighted by molar-refractivity contribution is 0.109. The molecule has 0 aliphatic heterocycles. The van der Waals surface area contributed by atoms with Crippen molar-refractivity contribution < 1.29 is 22.4 Å². The number of carbonyl (C=O) groups excluding carboxylic acids is 1. The van der Waals surface area contributed by atoms with Gasteiger partial charge < -0.3 is 9.15 Å². The molecule has 0 saturated carbocycles. The maximum Gasteiger partial charge on any atom is 0.243 e. The molecule has 5 nitrogen and oxygen atoms in total. The Kier molecular flexibility index (Phi) is 3.44. The molecule has 19 heavy (non-hydrogen) atoms. The van der Waals surface area contributed by atoms with Crippen molar-refractivity contribution >= 4 is 16.1 Å². The minimum Gasteiger partial charge on any atom is -0.495 e. The van der Waals surface area contributed by atoms with E-state index < -0.39 is 9.84 Å². The second kappa shape index (κ2) is 4.89. The Morgan fingerprint density at radius 2 is 1.95 bits per heavy atom. The summed E-state index contributed by atoms with van der Waals surface area (Å²) >= 11 is 0. The van der Waals surface area contributed by atoms with Crippen molar-refractivity contribution in [2.24, 2.45) is 0 Å². The van der Waals surface area contributed by atoms with Crippen molar-refractivity contribution in [1.29, 1.82) is 0 Å². The maximum absolute atomic E-state index is 12.4. The fourth-order valence-electron chi connectivity index (χ4n) is 1.64. The van der Waals surface area contributed by atoms with Crippen molar-refractivity contribution in [3.8, 4) is 5.75 Å². The van der Waals surface area contributed by atoms with E-state index in [1.165, 1.54) is 25.3 Å². The van der Waals surface area contributed by atoms with Crippen molar-refractivity contribution in [2.45, 2.75) is 16.9 Å². The first-order valence-corrected chi connectivity index (χ1v) is 6.92. The molecule has 0 amide bonds. The summed E-state index contributed by atoms with van der Waals surface area (Å²) < 4.78 is 34.8. The molecule has 0 fully saturated rings. The van der Waals surface area contributed by atoms with E-state index in [0.29, 0.717) is 6.29 Å². The molecule has 0 radical (unpaired) electrons. The molecule has 0 aliphatic rings. The van der Waals surface area contributed by atoms with Crippen LogP contribution in [-0.4, -0.2) is 21.8 Å². The van der Waals surface area contributed by atoms with E-state index in [2.05, 4.69) is 0 Å². The lowest BCUT2D eigenvalue weighted by Crippen LogP contribution is -2.03. The summed E-state index contributed by atoms with van der Waals surface area (Å²) in [4.78, 5) is 10.6. The fraction of sp³-hybridized carbons (Fsp3) is 0.154. The fourth-order valence-corrected chi connectivity index (χ4v) is 3.07. The van der Waals surface area contributed by atoms with Crippen molar-refractivity contribution in [3.63, 3.8) is 0 Å². The van der Waals surface area contributed by atoms with Gasteiger partial charge in [0.05, 0.1) is 7.11 Å². The van der Waals surface area contributed by atoms with Crippen molar-refractivity contribution in [1.82, 2.24) is 0 Å². The van der Waals surface area contributed by atoms with Crippen LogP contribution in [0.4, 0.5) is 0 Å². The standard InChI is InChI=1S/C13H12O5S/c1-9-3-5-11(17-2)12(7-9)19(15,16)13-6-4-10(8-14)18-13/h3-8H,1-2H3. The van der Waals surface area contributed by atoms with E-state index in [-0.39, 0.29) is 21.5 Å². The number of furan rings is 1. The quantitative estimate of drug-likeness (QED) is 0.803. The average molecular weight is 280 g/mol. The number of sulfone groups is 1. The minimum absolute atomic E-state index is 0.0156. The average Bonchev–Trinajstić information content (AvgIpc) is 2.88. The highest BCUT2D eigenvalue weighted by molar-refractivity contribution is 7.91. The zero-order chi connectivity index (χ0) is 14.0. The van der Waals surface area contributed by atoms with E-state index in [1.807, 2.05) is 0 Å². The number of carbonyl (C=O) groups is 1. The predicted octanol–water partition coefficient (Wildman–Crippen LogP) is 2.24. The van der Waals surface area contributed by atoms with Gasteiger partial charge in [-0.2, -0.15) is 0 Å². The Morgan fingerprint density at radius 3 is 2.53 bits per heavy atom. The van der Waals surface area contributed by atoms with Gasteiger partial charge in [-0.25, -0.2) is 8.42 Å². The number of ether oxygens (including phenoxy) is 1. The Bertz CT molecular complexity index is 712. The molecule has 0 unspecified atom stereocenters. The Hall–Kier alpha value is -2.08. The summed E-state index contributed by atoms with van der Waals surface area (Å²) in [5.74, 6) is 0.194. The molecule has 2 rings (SSSR count). The number of aryl methyl sites for hydroxylation is 1. The van der Waals surface area contributed by atoms with E-state index in [4.69, 9.17) is 9.15 Å². The van der Waals surface area contributed by atoms with Crippen LogP contribution >= 0.6 is 0 Å². The summed E-state index contributed by atoms with van der Waals surface area (Å²) in [7, 11) is -2.45. The maximum atomic E-state index is 12.4. The molecule has 0 saturated heterocycles. The van der Waals surface area contributed by atoms with Gasteiger partial charge in [0.1, 0.15) is 10.6 Å². The molecule has 1 aromatic carbocycles. The van der Waals surface area contributed by atoms with Gasteiger partial charge in [0.15, 0.2) is 12.0 Å². The van der Waals surface area contributed by atoms with Crippen LogP contribution in [-0.2, 0) is 9.84 Å². The second-order valence-corrected chi connectivity index (χ2v) is 5.78. The third-order valence-electron chi connectivity index (χ3n) is 2.59. The van der Waals surface area contributed by atoms with Crippen LogP contribution in [0.2, 0.25) is 0 Å². The number of methoxy groups -OCH3 is 1. The zero-order valence-corrected chi connectivity index (χ0v) is 11.2. The molecule has 2 aromatic rings. The number of aldehydes is 1. The Labute approximate surface area is 110 Å². The van der Waals surface area contributed by atoms with E-state index in [0.717, 1.165) is 5.56 Å². The van der Waals surface area contributed by atoms with Gasteiger partial charge in [-0.05, 0) is 36.8 Å². The third-order valence-corrected chi connectivity index (χ3v) is 4.24. The largest absolute Gasteiger partial charge is 0.495 e. The summed E-state index contributed by atoms with van der Waals surface area (Å²) in [6.45, 7) is 1.78. The molecular formula is C13H12O5S. The lowest BCUT2D eigenvalue weighted by Gasteiger charge is -2.08. The predicted molar refractivity (Wildman–Crippen MR) is 67.3 cm³/mol. The first-order valence-electron chi connectivity index (χ1n) is 5.44. The highest BCUT2D eigenvalue weighted by Gasteiger charge is 2.25. The monoisotopic (exact) mass is 280 g/mol. The van der Waals surface area contributed by atoms with Crippen LogP contribution in [0, 0.1) is 6.92 Å². The Balaban J connectivity index is 2.62. The number of hydrogen-bond donors (Lipinski definition) is 0. The van der Waals surface area contributed by atoms with Crippen LogP contribution < -0.4 is 4.74 Å². The smallest absolute Gasteiger partial charge is 0.243 e. The highest BCUT2D eigenvalue weighted by atomic mass is 32.2. The molecule has 6 heteroatoms. The summed E-state index contributed by atoms with van der Waals surface area (Å²) in [5, 5.41) is -0.279. The zero-order valence-electron chi connectivity index (χ0n) is 10.4. The lowest BCUT2D eigenvalue weighted by atomic mass is 10.2. The van der Waals surface area contributed by atoms with Gasteiger partial charge in [0.2, 0.25) is 14.9 Å². The Morgan fingerprint density at radius 1 is 1.21 bits per heavy atom. The molecular weight excluding hydrogens is 268 g/mol. The van der Waals surface area contributed by atoms with Crippen molar-refractivity contribution in [3.05, 3.63) is 41.7 Å². The van der Waals surface area contributed by atoms with Crippen LogP contribution in [0.3, 0.4) is 0 Å². The van der Waals surface area contributed by atoms with E-state index >= 15 is 0 Å². The summed E-state index contributed by atoms with van der Waals surface area (Å²) in [6, 6.07) is 7.38. The molecule has 0 spiro atoms. The first-order chi connectivity index (χ1) is 8.98. The number of hydrogen-bond acceptors (Lipinski definition) is 5. The van der Waals surface area contributed by atoms with E-state index in [1.54, 1.807) is 19.1 Å². The number of benzene rings is 1. The van der Waals surface area contributed by atoms with Crippen LogP contribution in [0.15, 0.2) is 44.7 Å². The molecule has 0 N–H and O–H groups in total. The number of rotatable bonds is 4. The van der Waals surface area contributed by atoms with Gasteiger partial charge in [-0.3, -0.25) is 4.79 Å². The normalized spacial score (nSPS) is 11.3. The van der Waals surface area contributed by atoms with Gasteiger partial charge in [0, 0.05) is 0 Å². The SMILES string of the molecule is COc1ccc(C)cc1S(=O)(=O)c1ccc(C=O)o1. The molecule has 1 heterocycles. The van der Waals surface area contributed by atoms with Crippen LogP contribution in [0.1, 0.15) is 16.1 Å². The van der Waals surface area contributed by atoms with Crippen molar-refractivity contribution in [2.75, 3.05) is 7.11 Å². The van der Waals surface area contributed by atoms with Gasteiger partial charge in [0.25, 0.3) is 0 Å². The third kappa shape index (κ3) is 2.39. The van der Waals surface area contributed by atoms with Gasteiger partial charge in [-0.1, -0.05) is 6.07 Å². The molecule has 0 aliphatic carbocycles. The van der Waals surface area contributed by atoms with Crippen LogP contribution in [0.25, 0.3) is 0 Å². The molecule has 0 atom stereocenters.